The molecule has 1 heterocycles. The van der Waals surface area contributed by atoms with Crippen molar-refractivity contribution in [3.05, 3.63) is 72.3 Å². The summed E-state index contributed by atoms with van der Waals surface area (Å²) in [5.41, 5.74) is 4.14. The van der Waals surface area contributed by atoms with E-state index in [1.54, 1.807) is 18.2 Å². The fraction of sp³-hybridized carbons (Fsp3) is 0.238. The van der Waals surface area contributed by atoms with Crippen LogP contribution in [0.15, 0.2) is 35.6 Å². The van der Waals surface area contributed by atoms with Crippen molar-refractivity contribution < 1.29 is 4.79 Å². The predicted molar refractivity (Wildman–Crippen MR) is 112 cm³/mol. The third-order valence-corrected chi connectivity index (χ3v) is 6.46. The molecule has 0 N–H and O–H groups in total. The molecule has 3 aromatic rings. The number of carbonyl (C=O) groups is 1. The van der Waals surface area contributed by atoms with Crippen molar-refractivity contribution in [2.75, 3.05) is 0 Å². The largest absolute Gasteiger partial charge is 0.289 e. The van der Waals surface area contributed by atoms with Crippen molar-refractivity contribution >= 4 is 39.3 Å². The first-order valence-corrected chi connectivity index (χ1v) is 9.73. The Labute approximate surface area is 170 Å². The second kappa shape index (κ2) is 5.99. The number of nitroso groups, excluding NO2 is 1. The number of hydrogen-bond donors (Lipinski definition) is 0. The molecule has 4 rings (SSSR count). The SMILES string of the molecule is CCc1cc2c(cc1I)C(C)(C)c1c(c3ccc(C#N)cc3n1N=O)C2=O. The van der Waals surface area contributed by atoms with Crippen molar-refractivity contribution in [1.29, 1.82) is 5.26 Å². The number of hydrogen-bond acceptors (Lipinski definition) is 4. The molecule has 0 saturated carbocycles. The highest BCUT2D eigenvalue weighted by atomic mass is 127. The summed E-state index contributed by atoms with van der Waals surface area (Å²) in [4.78, 5) is 25.2. The van der Waals surface area contributed by atoms with E-state index in [1.807, 2.05) is 26.0 Å². The molecule has 0 fully saturated rings. The van der Waals surface area contributed by atoms with Crippen LogP contribution >= 0.6 is 22.6 Å². The van der Waals surface area contributed by atoms with E-state index < -0.39 is 5.41 Å². The van der Waals surface area contributed by atoms with E-state index in [-0.39, 0.29) is 5.78 Å². The number of carbonyl (C=O) groups excluding carboxylic acids is 1. The average Bonchev–Trinajstić information content (AvgIpc) is 3.00. The van der Waals surface area contributed by atoms with Gasteiger partial charge in [0.05, 0.1) is 33.7 Å². The van der Waals surface area contributed by atoms with Gasteiger partial charge in [-0.05, 0) is 64.4 Å². The van der Waals surface area contributed by atoms with E-state index in [4.69, 9.17) is 0 Å². The second-order valence-corrected chi connectivity index (χ2v) is 8.42. The second-order valence-electron chi connectivity index (χ2n) is 7.26. The van der Waals surface area contributed by atoms with Gasteiger partial charge in [0.1, 0.15) is 0 Å². The molecule has 1 aromatic heterocycles. The molecule has 134 valence electrons. The molecule has 1 aliphatic carbocycles. The Balaban J connectivity index is 2.16. The van der Waals surface area contributed by atoms with E-state index in [9.17, 15) is 15.0 Å². The third kappa shape index (κ3) is 2.31. The van der Waals surface area contributed by atoms with Crippen LogP contribution in [-0.4, -0.2) is 10.5 Å². The molecule has 27 heavy (non-hydrogen) atoms. The molecule has 0 spiro atoms. The molecule has 0 saturated heterocycles. The van der Waals surface area contributed by atoms with Crippen LogP contribution in [0.25, 0.3) is 10.9 Å². The maximum atomic E-state index is 13.4. The van der Waals surface area contributed by atoms with Crippen LogP contribution in [0.4, 0.5) is 0 Å². The van der Waals surface area contributed by atoms with Crippen LogP contribution in [0.5, 0.6) is 0 Å². The average molecular weight is 469 g/mol. The smallest absolute Gasteiger partial charge is 0.195 e. The number of nitriles is 1. The quantitative estimate of drug-likeness (QED) is 0.388. The first kappa shape index (κ1) is 17.9. The Morgan fingerprint density at radius 1 is 1.26 bits per heavy atom. The molecule has 0 atom stereocenters. The lowest BCUT2D eigenvalue weighted by atomic mass is 9.71. The summed E-state index contributed by atoms with van der Waals surface area (Å²) in [6.07, 6.45) is 0.843. The van der Waals surface area contributed by atoms with E-state index in [0.29, 0.717) is 33.3 Å². The molecule has 2 aromatic carbocycles. The Bertz CT molecular complexity index is 1200. The van der Waals surface area contributed by atoms with Gasteiger partial charge in [-0.3, -0.25) is 4.79 Å². The summed E-state index contributed by atoms with van der Waals surface area (Å²) in [7, 11) is 0. The van der Waals surface area contributed by atoms with Crippen LogP contribution in [0, 0.1) is 19.8 Å². The Kier molecular flexibility index (Phi) is 3.96. The molecule has 0 bridgehead atoms. The Morgan fingerprint density at radius 2 is 2.00 bits per heavy atom. The van der Waals surface area contributed by atoms with E-state index in [1.165, 1.54) is 4.68 Å². The summed E-state index contributed by atoms with van der Waals surface area (Å²) in [6.45, 7) is 6.08. The highest BCUT2D eigenvalue weighted by molar-refractivity contribution is 14.1. The van der Waals surface area contributed by atoms with E-state index in [0.717, 1.165) is 21.1 Å². The monoisotopic (exact) mass is 469 g/mol. The van der Waals surface area contributed by atoms with Crippen molar-refractivity contribution in [2.24, 2.45) is 5.29 Å². The molecule has 5 nitrogen and oxygen atoms in total. The van der Waals surface area contributed by atoms with Gasteiger partial charge in [0.15, 0.2) is 5.78 Å². The lowest BCUT2D eigenvalue weighted by Gasteiger charge is -2.33. The Hall–Kier alpha value is -2.53. The number of halogens is 1. The highest BCUT2D eigenvalue weighted by Crippen LogP contribution is 2.46. The number of ketones is 1. The molecule has 0 radical (unpaired) electrons. The molecule has 0 amide bonds. The van der Waals surface area contributed by atoms with Gasteiger partial charge in [0.2, 0.25) is 0 Å². The van der Waals surface area contributed by atoms with Crippen molar-refractivity contribution in [3.8, 4) is 6.07 Å². The Morgan fingerprint density at radius 3 is 2.63 bits per heavy atom. The summed E-state index contributed by atoms with van der Waals surface area (Å²) < 4.78 is 2.39. The third-order valence-electron chi connectivity index (χ3n) is 5.46. The number of fused-ring (bicyclic) bond motifs is 4. The maximum Gasteiger partial charge on any atom is 0.195 e. The van der Waals surface area contributed by atoms with Crippen molar-refractivity contribution in [1.82, 2.24) is 4.68 Å². The van der Waals surface area contributed by atoms with Gasteiger partial charge < -0.3 is 0 Å². The number of aryl methyl sites for hydroxylation is 1. The summed E-state index contributed by atoms with van der Waals surface area (Å²) in [5.74, 6) is -0.0949. The number of aromatic nitrogens is 1. The van der Waals surface area contributed by atoms with Crippen LogP contribution in [0.1, 0.15) is 59.1 Å². The molecular formula is C21H16IN3O2. The minimum atomic E-state index is -0.579. The van der Waals surface area contributed by atoms with Gasteiger partial charge in [0.25, 0.3) is 0 Å². The van der Waals surface area contributed by atoms with Crippen LogP contribution in [0.2, 0.25) is 0 Å². The van der Waals surface area contributed by atoms with Crippen LogP contribution < -0.4 is 0 Å². The number of nitrogens with zero attached hydrogens (tertiary/aromatic N) is 3. The topological polar surface area (TPSA) is 75.2 Å². The molecule has 6 heteroatoms. The molecule has 0 unspecified atom stereocenters. The molecule has 0 aliphatic heterocycles. The minimum Gasteiger partial charge on any atom is -0.289 e. The predicted octanol–water partition coefficient (Wildman–Crippen LogP) is 5.08. The first-order chi connectivity index (χ1) is 12.8. The van der Waals surface area contributed by atoms with Gasteiger partial charge >= 0.3 is 0 Å². The summed E-state index contributed by atoms with van der Waals surface area (Å²) in [5, 5.41) is 13.1. The van der Waals surface area contributed by atoms with Gasteiger partial charge in [-0.25, -0.2) is 0 Å². The zero-order chi connectivity index (χ0) is 19.5. The minimum absolute atomic E-state index is 0.0949. The maximum absolute atomic E-state index is 13.4. The van der Waals surface area contributed by atoms with Crippen molar-refractivity contribution in [3.63, 3.8) is 0 Å². The van der Waals surface area contributed by atoms with Gasteiger partial charge in [-0.1, -0.05) is 26.8 Å². The van der Waals surface area contributed by atoms with Crippen LogP contribution in [0.3, 0.4) is 0 Å². The molecule has 1 aliphatic rings. The van der Waals surface area contributed by atoms with Gasteiger partial charge in [-0.2, -0.15) is 9.94 Å². The zero-order valence-electron chi connectivity index (χ0n) is 15.1. The van der Waals surface area contributed by atoms with Crippen molar-refractivity contribution in [2.45, 2.75) is 32.6 Å². The highest BCUT2D eigenvalue weighted by Gasteiger charge is 2.42. The lowest BCUT2D eigenvalue weighted by molar-refractivity contribution is 0.103. The normalized spacial score (nSPS) is 14.6. The fourth-order valence-electron chi connectivity index (χ4n) is 4.09. The van der Waals surface area contributed by atoms with E-state index in [2.05, 4.69) is 40.9 Å². The number of rotatable bonds is 2. The lowest BCUT2D eigenvalue weighted by Crippen LogP contribution is -2.32. The summed E-state index contributed by atoms with van der Waals surface area (Å²) >= 11 is 2.29. The standard InChI is InChI=1S/C21H16IN3O2/c1-4-12-8-14-15(9-16(12)22)21(2,3)20-18(19(14)26)13-6-5-11(10-23)7-17(13)25(20)24-27/h5-9H,4H2,1-3H3. The van der Waals surface area contributed by atoms with Gasteiger partial charge in [-0.15, -0.1) is 4.91 Å². The first-order valence-electron chi connectivity index (χ1n) is 8.65. The van der Waals surface area contributed by atoms with Gasteiger partial charge in [0, 0.05) is 19.9 Å². The fourth-order valence-corrected chi connectivity index (χ4v) is 4.94. The zero-order valence-corrected chi connectivity index (χ0v) is 17.3. The number of benzene rings is 2. The summed E-state index contributed by atoms with van der Waals surface area (Å²) in [6, 6.07) is 11.1. The van der Waals surface area contributed by atoms with E-state index >= 15 is 0 Å². The van der Waals surface area contributed by atoms with Crippen LogP contribution in [-0.2, 0) is 11.8 Å². The molecular weight excluding hydrogens is 453 g/mol.